The quantitative estimate of drug-likeness (QED) is 0.815. The number of aliphatic hydroxyl groups excluding tert-OH is 1. The van der Waals surface area contributed by atoms with Crippen molar-refractivity contribution >= 4 is 17.3 Å². The second kappa shape index (κ2) is 5.94. The minimum absolute atomic E-state index is 0.234. The molecule has 0 aliphatic rings. The van der Waals surface area contributed by atoms with Crippen molar-refractivity contribution in [3.05, 3.63) is 23.2 Å². The van der Waals surface area contributed by atoms with Gasteiger partial charge in [-0.3, -0.25) is 0 Å². The number of ether oxygens (including phenoxy) is 1. The number of nitrogens with two attached hydrogens (primary N) is 1. The van der Waals surface area contributed by atoms with E-state index in [0.29, 0.717) is 17.3 Å². The fourth-order valence-electron chi connectivity index (χ4n) is 1.41. The first kappa shape index (κ1) is 13.1. The number of hydrogen-bond acceptors (Lipinski definition) is 4. The Morgan fingerprint density at radius 3 is 2.75 bits per heavy atom. The van der Waals surface area contributed by atoms with Crippen LogP contribution < -0.4 is 15.4 Å². The van der Waals surface area contributed by atoms with Gasteiger partial charge in [-0.25, -0.2) is 0 Å². The third-order valence-corrected chi connectivity index (χ3v) is 2.63. The van der Waals surface area contributed by atoms with Gasteiger partial charge in [-0.15, -0.1) is 0 Å². The highest BCUT2D eigenvalue weighted by molar-refractivity contribution is 6.33. The first-order valence-electron chi connectivity index (χ1n) is 5.01. The fourth-order valence-corrected chi connectivity index (χ4v) is 1.73. The standard InChI is InChI=1S/C11H17ClN2O2/c1-14(7-8(15)6-13)11-4-3-9(16-2)5-10(11)12/h3-5,8,15H,6-7,13H2,1-2H3. The van der Waals surface area contributed by atoms with E-state index in [1.54, 1.807) is 13.2 Å². The summed E-state index contributed by atoms with van der Waals surface area (Å²) in [6, 6.07) is 5.42. The number of hydrogen-bond donors (Lipinski definition) is 2. The topological polar surface area (TPSA) is 58.7 Å². The number of nitrogens with zero attached hydrogens (tertiary/aromatic N) is 1. The van der Waals surface area contributed by atoms with Gasteiger partial charge < -0.3 is 20.5 Å². The molecule has 0 saturated carbocycles. The van der Waals surface area contributed by atoms with Crippen LogP contribution in [0.1, 0.15) is 0 Å². The summed E-state index contributed by atoms with van der Waals surface area (Å²) in [6.45, 7) is 0.681. The van der Waals surface area contributed by atoms with Gasteiger partial charge in [-0.05, 0) is 12.1 Å². The Hall–Kier alpha value is -0.970. The van der Waals surface area contributed by atoms with E-state index in [1.807, 2.05) is 24.1 Å². The molecule has 0 radical (unpaired) electrons. The number of methoxy groups -OCH3 is 1. The molecule has 0 spiro atoms. The highest BCUT2D eigenvalue weighted by Crippen LogP contribution is 2.29. The maximum atomic E-state index is 9.45. The van der Waals surface area contributed by atoms with Crippen molar-refractivity contribution < 1.29 is 9.84 Å². The minimum Gasteiger partial charge on any atom is -0.497 e. The second-order valence-corrected chi connectivity index (χ2v) is 3.99. The molecule has 0 heterocycles. The zero-order chi connectivity index (χ0) is 12.1. The van der Waals surface area contributed by atoms with E-state index < -0.39 is 6.10 Å². The first-order valence-corrected chi connectivity index (χ1v) is 5.39. The number of benzene rings is 1. The van der Waals surface area contributed by atoms with Crippen LogP contribution in [0.3, 0.4) is 0 Å². The van der Waals surface area contributed by atoms with Gasteiger partial charge in [0.1, 0.15) is 5.75 Å². The summed E-state index contributed by atoms with van der Waals surface area (Å²) in [7, 11) is 3.44. The molecule has 5 heteroatoms. The SMILES string of the molecule is COc1ccc(N(C)CC(O)CN)c(Cl)c1. The van der Waals surface area contributed by atoms with Crippen molar-refractivity contribution in [1.82, 2.24) is 0 Å². The monoisotopic (exact) mass is 244 g/mol. The molecule has 4 nitrogen and oxygen atoms in total. The van der Waals surface area contributed by atoms with Crippen molar-refractivity contribution in [2.75, 3.05) is 32.1 Å². The predicted octanol–water partition coefficient (Wildman–Crippen LogP) is 1.10. The Kier molecular flexibility index (Phi) is 4.86. The Balaban J connectivity index is 2.79. The molecule has 1 unspecified atom stereocenters. The number of likely N-dealkylation sites (N-methyl/N-ethyl adjacent to an activating group) is 1. The molecule has 1 aromatic carbocycles. The van der Waals surface area contributed by atoms with Crippen LogP contribution in [0.15, 0.2) is 18.2 Å². The Morgan fingerprint density at radius 1 is 1.56 bits per heavy atom. The van der Waals surface area contributed by atoms with Gasteiger partial charge in [0.2, 0.25) is 0 Å². The van der Waals surface area contributed by atoms with Gasteiger partial charge >= 0.3 is 0 Å². The van der Waals surface area contributed by atoms with Gasteiger partial charge in [-0.1, -0.05) is 11.6 Å². The minimum atomic E-state index is -0.553. The molecule has 16 heavy (non-hydrogen) atoms. The summed E-state index contributed by atoms with van der Waals surface area (Å²) in [4.78, 5) is 1.86. The van der Waals surface area contributed by atoms with E-state index in [-0.39, 0.29) is 6.54 Å². The molecule has 1 rings (SSSR count). The summed E-state index contributed by atoms with van der Waals surface area (Å²) >= 11 is 6.10. The van der Waals surface area contributed by atoms with Crippen LogP contribution in [0.4, 0.5) is 5.69 Å². The Labute approximate surface area is 101 Å². The molecule has 0 aromatic heterocycles. The Morgan fingerprint density at radius 2 is 2.25 bits per heavy atom. The number of halogens is 1. The Bertz CT molecular complexity index is 347. The zero-order valence-electron chi connectivity index (χ0n) is 9.48. The molecule has 3 N–H and O–H groups in total. The van der Waals surface area contributed by atoms with Crippen LogP contribution in [-0.4, -0.2) is 38.5 Å². The van der Waals surface area contributed by atoms with Crippen LogP contribution in [0.2, 0.25) is 5.02 Å². The van der Waals surface area contributed by atoms with E-state index in [1.165, 1.54) is 0 Å². The molecule has 0 saturated heterocycles. The van der Waals surface area contributed by atoms with Gasteiger partial charge in [0.15, 0.2) is 0 Å². The van der Waals surface area contributed by atoms with E-state index in [9.17, 15) is 5.11 Å². The summed E-state index contributed by atoms with van der Waals surface area (Å²) in [5, 5.41) is 10.0. The summed E-state index contributed by atoms with van der Waals surface area (Å²) < 4.78 is 5.06. The molecule has 0 aliphatic heterocycles. The van der Waals surface area contributed by atoms with Crippen LogP contribution in [0.25, 0.3) is 0 Å². The first-order chi connectivity index (χ1) is 7.58. The van der Waals surface area contributed by atoms with E-state index in [2.05, 4.69) is 0 Å². The fraction of sp³-hybridized carbons (Fsp3) is 0.455. The lowest BCUT2D eigenvalue weighted by Crippen LogP contribution is -2.34. The normalized spacial score (nSPS) is 12.3. The second-order valence-electron chi connectivity index (χ2n) is 3.59. The van der Waals surface area contributed by atoms with Crippen LogP contribution in [-0.2, 0) is 0 Å². The van der Waals surface area contributed by atoms with Crippen molar-refractivity contribution in [2.45, 2.75) is 6.10 Å². The van der Waals surface area contributed by atoms with E-state index in [0.717, 1.165) is 5.69 Å². The average molecular weight is 245 g/mol. The summed E-state index contributed by atoms with van der Waals surface area (Å²) in [6.07, 6.45) is -0.553. The molecule has 0 bridgehead atoms. The van der Waals surface area contributed by atoms with E-state index >= 15 is 0 Å². The van der Waals surface area contributed by atoms with Crippen LogP contribution in [0.5, 0.6) is 5.75 Å². The highest BCUT2D eigenvalue weighted by atomic mass is 35.5. The van der Waals surface area contributed by atoms with Gasteiger partial charge in [0.25, 0.3) is 0 Å². The lowest BCUT2D eigenvalue weighted by atomic mass is 10.2. The molecular weight excluding hydrogens is 228 g/mol. The van der Waals surface area contributed by atoms with Gasteiger partial charge in [0.05, 0.1) is 23.9 Å². The van der Waals surface area contributed by atoms with Crippen molar-refractivity contribution in [3.63, 3.8) is 0 Å². The maximum Gasteiger partial charge on any atom is 0.120 e. The third kappa shape index (κ3) is 3.27. The van der Waals surface area contributed by atoms with Crippen LogP contribution in [0, 0.1) is 0 Å². The number of anilines is 1. The predicted molar refractivity (Wildman–Crippen MR) is 66.3 cm³/mol. The number of rotatable bonds is 5. The van der Waals surface area contributed by atoms with Gasteiger partial charge in [0, 0.05) is 26.2 Å². The molecule has 1 aromatic rings. The summed E-state index contributed by atoms with van der Waals surface area (Å²) in [5.41, 5.74) is 6.20. The molecule has 0 amide bonds. The highest BCUT2D eigenvalue weighted by Gasteiger charge is 2.10. The van der Waals surface area contributed by atoms with Crippen molar-refractivity contribution in [2.24, 2.45) is 5.73 Å². The van der Waals surface area contributed by atoms with Crippen LogP contribution >= 0.6 is 11.6 Å². The maximum absolute atomic E-state index is 9.45. The van der Waals surface area contributed by atoms with E-state index in [4.69, 9.17) is 22.1 Å². The summed E-state index contributed by atoms with van der Waals surface area (Å²) in [5.74, 6) is 0.710. The van der Waals surface area contributed by atoms with Crippen molar-refractivity contribution in [1.29, 1.82) is 0 Å². The van der Waals surface area contributed by atoms with Crippen molar-refractivity contribution in [3.8, 4) is 5.75 Å². The number of aliphatic hydroxyl groups is 1. The molecular formula is C11H17ClN2O2. The molecule has 1 atom stereocenters. The molecule has 0 aliphatic carbocycles. The van der Waals surface area contributed by atoms with Gasteiger partial charge in [-0.2, -0.15) is 0 Å². The lowest BCUT2D eigenvalue weighted by molar-refractivity contribution is 0.189. The largest absolute Gasteiger partial charge is 0.497 e. The lowest BCUT2D eigenvalue weighted by Gasteiger charge is -2.23. The average Bonchev–Trinajstić information content (AvgIpc) is 2.28. The zero-order valence-corrected chi connectivity index (χ0v) is 10.2. The molecule has 0 fully saturated rings. The third-order valence-electron chi connectivity index (χ3n) is 2.32. The molecule has 90 valence electrons. The smallest absolute Gasteiger partial charge is 0.120 e.